The lowest BCUT2D eigenvalue weighted by Crippen LogP contribution is -1.88. The number of rotatable bonds is 3. The third-order valence-corrected chi connectivity index (χ3v) is 2.38. The molecule has 0 saturated carbocycles. The SMILES string of the molecule is COc1ccccc1-c1nc(CO)c(C)o1. The highest BCUT2D eigenvalue weighted by Crippen LogP contribution is 2.30. The van der Waals surface area contributed by atoms with Crippen LogP contribution in [0.25, 0.3) is 11.5 Å². The van der Waals surface area contributed by atoms with Crippen molar-refractivity contribution in [2.75, 3.05) is 7.11 Å². The van der Waals surface area contributed by atoms with Crippen molar-refractivity contribution in [2.24, 2.45) is 0 Å². The van der Waals surface area contributed by atoms with Gasteiger partial charge in [-0.1, -0.05) is 12.1 Å². The molecule has 0 aliphatic heterocycles. The lowest BCUT2D eigenvalue weighted by molar-refractivity contribution is 0.275. The van der Waals surface area contributed by atoms with Gasteiger partial charge < -0.3 is 14.3 Å². The second-order valence-electron chi connectivity index (χ2n) is 3.38. The number of hydrogen-bond acceptors (Lipinski definition) is 4. The molecule has 0 amide bonds. The number of aryl methyl sites for hydroxylation is 1. The molecular formula is C12H13NO3. The molecule has 4 nitrogen and oxygen atoms in total. The number of benzene rings is 1. The summed E-state index contributed by atoms with van der Waals surface area (Å²) in [5, 5.41) is 9.05. The van der Waals surface area contributed by atoms with Crippen molar-refractivity contribution in [1.82, 2.24) is 4.98 Å². The molecule has 2 rings (SSSR count). The van der Waals surface area contributed by atoms with Crippen LogP contribution in [0.3, 0.4) is 0 Å². The molecule has 16 heavy (non-hydrogen) atoms. The summed E-state index contributed by atoms with van der Waals surface area (Å²) in [7, 11) is 1.60. The Kier molecular flexibility index (Phi) is 2.92. The molecule has 0 spiro atoms. The summed E-state index contributed by atoms with van der Waals surface area (Å²) in [6, 6.07) is 7.47. The Morgan fingerprint density at radius 1 is 1.38 bits per heavy atom. The Labute approximate surface area is 93.5 Å². The normalized spacial score (nSPS) is 10.4. The van der Waals surface area contributed by atoms with Crippen LogP contribution in [0.5, 0.6) is 5.75 Å². The van der Waals surface area contributed by atoms with E-state index < -0.39 is 0 Å². The fourth-order valence-electron chi connectivity index (χ4n) is 1.51. The first-order chi connectivity index (χ1) is 7.76. The van der Waals surface area contributed by atoms with Gasteiger partial charge in [-0.05, 0) is 19.1 Å². The minimum Gasteiger partial charge on any atom is -0.496 e. The fourth-order valence-corrected chi connectivity index (χ4v) is 1.51. The number of nitrogens with zero attached hydrogens (tertiary/aromatic N) is 1. The van der Waals surface area contributed by atoms with Crippen molar-refractivity contribution in [3.05, 3.63) is 35.7 Å². The topological polar surface area (TPSA) is 55.5 Å². The van der Waals surface area contributed by atoms with Gasteiger partial charge in [0.2, 0.25) is 5.89 Å². The van der Waals surface area contributed by atoms with Gasteiger partial charge in [0.05, 0.1) is 19.3 Å². The highest BCUT2D eigenvalue weighted by molar-refractivity contribution is 5.62. The Morgan fingerprint density at radius 2 is 2.12 bits per heavy atom. The molecule has 0 aliphatic carbocycles. The molecule has 0 radical (unpaired) electrons. The molecule has 0 atom stereocenters. The first-order valence-corrected chi connectivity index (χ1v) is 4.96. The Balaban J connectivity index is 2.49. The number of aliphatic hydroxyl groups excluding tert-OH is 1. The molecule has 4 heteroatoms. The summed E-state index contributed by atoms with van der Waals surface area (Å²) in [4.78, 5) is 4.21. The van der Waals surface area contributed by atoms with Gasteiger partial charge in [0.1, 0.15) is 17.2 Å². The van der Waals surface area contributed by atoms with E-state index >= 15 is 0 Å². The number of methoxy groups -OCH3 is 1. The second kappa shape index (κ2) is 4.37. The molecule has 0 unspecified atom stereocenters. The first kappa shape index (κ1) is 10.7. The van der Waals surface area contributed by atoms with Crippen LogP contribution >= 0.6 is 0 Å². The molecular weight excluding hydrogens is 206 g/mol. The average Bonchev–Trinajstić information content (AvgIpc) is 2.70. The van der Waals surface area contributed by atoms with Crippen LogP contribution in [0.15, 0.2) is 28.7 Å². The Morgan fingerprint density at radius 3 is 2.75 bits per heavy atom. The predicted molar refractivity (Wildman–Crippen MR) is 59.2 cm³/mol. The maximum atomic E-state index is 9.05. The average molecular weight is 219 g/mol. The van der Waals surface area contributed by atoms with E-state index in [4.69, 9.17) is 14.3 Å². The van der Waals surface area contributed by atoms with Crippen molar-refractivity contribution in [2.45, 2.75) is 13.5 Å². The largest absolute Gasteiger partial charge is 0.496 e. The first-order valence-electron chi connectivity index (χ1n) is 4.96. The number of aromatic nitrogens is 1. The van der Waals surface area contributed by atoms with Gasteiger partial charge in [0, 0.05) is 0 Å². The van der Waals surface area contributed by atoms with E-state index in [1.807, 2.05) is 24.3 Å². The third-order valence-electron chi connectivity index (χ3n) is 2.38. The highest BCUT2D eigenvalue weighted by atomic mass is 16.5. The molecule has 0 fully saturated rings. The van der Waals surface area contributed by atoms with Crippen molar-refractivity contribution < 1.29 is 14.3 Å². The van der Waals surface area contributed by atoms with Crippen molar-refractivity contribution in [3.63, 3.8) is 0 Å². The van der Waals surface area contributed by atoms with Crippen molar-refractivity contribution in [3.8, 4) is 17.2 Å². The van der Waals surface area contributed by atoms with Gasteiger partial charge in [-0.15, -0.1) is 0 Å². The van der Waals surface area contributed by atoms with E-state index in [2.05, 4.69) is 4.98 Å². The predicted octanol–water partition coefficient (Wildman–Crippen LogP) is 2.15. The minimum atomic E-state index is -0.121. The number of ether oxygens (including phenoxy) is 1. The lowest BCUT2D eigenvalue weighted by Gasteiger charge is -2.03. The summed E-state index contributed by atoms with van der Waals surface area (Å²) in [6.45, 7) is 1.65. The van der Waals surface area contributed by atoms with Crippen LogP contribution in [-0.4, -0.2) is 17.2 Å². The Hall–Kier alpha value is -1.81. The zero-order valence-electron chi connectivity index (χ0n) is 9.23. The number of aliphatic hydroxyl groups is 1. The van der Waals surface area contributed by atoms with Crippen LogP contribution < -0.4 is 4.74 Å². The maximum Gasteiger partial charge on any atom is 0.230 e. The van der Waals surface area contributed by atoms with E-state index in [9.17, 15) is 0 Å². The van der Waals surface area contributed by atoms with Gasteiger partial charge in [0.15, 0.2) is 0 Å². The van der Waals surface area contributed by atoms with Crippen LogP contribution in [0.4, 0.5) is 0 Å². The van der Waals surface area contributed by atoms with Gasteiger partial charge in [-0.25, -0.2) is 4.98 Å². The van der Waals surface area contributed by atoms with Crippen molar-refractivity contribution >= 4 is 0 Å². The number of oxazole rings is 1. The van der Waals surface area contributed by atoms with Gasteiger partial charge >= 0.3 is 0 Å². The van der Waals surface area contributed by atoms with Crippen LogP contribution in [0.1, 0.15) is 11.5 Å². The zero-order chi connectivity index (χ0) is 11.5. The smallest absolute Gasteiger partial charge is 0.230 e. The van der Waals surface area contributed by atoms with Gasteiger partial charge in [-0.3, -0.25) is 0 Å². The van der Waals surface area contributed by atoms with Gasteiger partial charge in [0.25, 0.3) is 0 Å². The molecule has 2 aromatic rings. The standard InChI is InChI=1S/C12H13NO3/c1-8-10(7-14)13-12(16-8)9-5-3-4-6-11(9)15-2/h3-6,14H,7H2,1-2H3. The summed E-state index contributed by atoms with van der Waals surface area (Å²) in [6.07, 6.45) is 0. The van der Waals surface area contributed by atoms with E-state index in [0.29, 0.717) is 23.1 Å². The quantitative estimate of drug-likeness (QED) is 0.859. The number of hydrogen-bond donors (Lipinski definition) is 1. The van der Waals surface area contributed by atoms with E-state index in [-0.39, 0.29) is 6.61 Å². The van der Waals surface area contributed by atoms with E-state index in [0.717, 1.165) is 5.56 Å². The maximum absolute atomic E-state index is 9.05. The molecule has 0 saturated heterocycles. The summed E-state index contributed by atoms with van der Waals surface area (Å²) >= 11 is 0. The van der Waals surface area contributed by atoms with Crippen LogP contribution in [0, 0.1) is 6.92 Å². The molecule has 1 N–H and O–H groups in total. The summed E-state index contributed by atoms with van der Waals surface area (Å²) in [5.41, 5.74) is 1.34. The molecule has 1 aromatic heterocycles. The molecule has 1 aromatic carbocycles. The Bertz CT molecular complexity index is 491. The fraction of sp³-hybridized carbons (Fsp3) is 0.250. The number of para-hydroxylation sites is 1. The van der Waals surface area contributed by atoms with E-state index in [1.54, 1.807) is 14.0 Å². The van der Waals surface area contributed by atoms with Crippen molar-refractivity contribution in [1.29, 1.82) is 0 Å². The monoisotopic (exact) mass is 219 g/mol. The lowest BCUT2D eigenvalue weighted by atomic mass is 10.2. The van der Waals surface area contributed by atoms with Gasteiger partial charge in [-0.2, -0.15) is 0 Å². The minimum absolute atomic E-state index is 0.121. The van der Waals surface area contributed by atoms with Crippen LogP contribution in [0.2, 0.25) is 0 Å². The second-order valence-corrected chi connectivity index (χ2v) is 3.38. The highest BCUT2D eigenvalue weighted by Gasteiger charge is 2.13. The molecule has 1 heterocycles. The third kappa shape index (κ3) is 1.79. The molecule has 0 bridgehead atoms. The molecule has 0 aliphatic rings. The summed E-state index contributed by atoms with van der Waals surface area (Å²) < 4.78 is 10.7. The van der Waals surface area contributed by atoms with E-state index in [1.165, 1.54) is 0 Å². The summed E-state index contributed by atoms with van der Waals surface area (Å²) in [5.74, 6) is 1.80. The zero-order valence-corrected chi connectivity index (χ0v) is 9.23. The molecule has 84 valence electrons. The van der Waals surface area contributed by atoms with Crippen LogP contribution in [-0.2, 0) is 6.61 Å².